The molecular weight excluding hydrogens is 458 g/mol. The molecule has 0 saturated carbocycles. The summed E-state index contributed by atoms with van der Waals surface area (Å²) in [4.78, 5) is 34.1. The second-order valence-corrected chi connectivity index (χ2v) is 11.4. The zero-order chi connectivity index (χ0) is 24.3. The molecule has 2 amide bonds. The van der Waals surface area contributed by atoms with Crippen LogP contribution in [0.3, 0.4) is 0 Å². The molecule has 3 aliphatic heterocycles. The van der Waals surface area contributed by atoms with Crippen molar-refractivity contribution < 1.29 is 22.7 Å². The standard InChI is InChI=1S/C23H35N5O5S/c1-24(2)34(31,32)19-5-6-21(26-7-3-4-8-26)20(17-19)23(30)28-11-9-25(10-12-28)18-22(29)27-13-15-33-16-14-27/h5-6,17H,3-4,7-16,18H2,1-2H3. The van der Waals surface area contributed by atoms with Crippen LogP contribution in [-0.4, -0.2) is 125 Å². The first kappa shape index (κ1) is 24.9. The van der Waals surface area contributed by atoms with Crippen LogP contribution in [0.4, 0.5) is 5.69 Å². The van der Waals surface area contributed by atoms with E-state index in [1.807, 2.05) is 4.90 Å². The number of rotatable bonds is 6. The minimum atomic E-state index is -3.65. The number of morpholine rings is 1. The number of hydrogen-bond donors (Lipinski definition) is 0. The van der Waals surface area contributed by atoms with Gasteiger partial charge in [-0.1, -0.05) is 0 Å². The number of hydrogen-bond acceptors (Lipinski definition) is 7. The summed E-state index contributed by atoms with van der Waals surface area (Å²) in [7, 11) is -0.675. The number of nitrogens with zero attached hydrogens (tertiary/aromatic N) is 5. The first-order valence-electron chi connectivity index (χ1n) is 12.0. The number of benzene rings is 1. The van der Waals surface area contributed by atoms with E-state index < -0.39 is 10.0 Å². The summed E-state index contributed by atoms with van der Waals surface area (Å²) in [5.41, 5.74) is 1.23. The quantitative estimate of drug-likeness (QED) is 0.557. The van der Waals surface area contributed by atoms with Crippen LogP contribution < -0.4 is 4.90 Å². The molecule has 1 aromatic carbocycles. The van der Waals surface area contributed by atoms with Crippen LogP contribution in [0.2, 0.25) is 0 Å². The van der Waals surface area contributed by atoms with Crippen LogP contribution in [0.5, 0.6) is 0 Å². The molecule has 10 nitrogen and oxygen atoms in total. The summed E-state index contributed by atoms with van der Waals surface area (Å²) in [6, 6.07) is 4.89. The number of amides is 2. The lowest BCUT2D eigenvalue weighted by Gasteiger charge is -2.36. The number of anilines is 1. The molecule has 1 aromatic rings. The van der Waals surface area contributed by atoms with Crippen molar-refractivity contribution in [3.8, 4) is 0 Å². The van der Waals surface area contributed by atoms with Crippen molar-refractivity contribution in [2.75, 3.05) is 91.1 Å². The molecule has 3 aliphatic rings. The summed E-state index contributed by atoms with van der Waals surface area (Å²) < 4.78 is 31.9. The monoisotopic (exact) mass is 493 g/mol. The number of sulfonamides is 1. The van der Waals surface area contributed by atoms with Gasteiger partial charge in [-0.05, 0) is 31.0 Å². The fourth-order valence-electron chi connectivity index (χ4n) is 4.67. The lowest BCUT2D eigenvalue weighted by Crippen LogP contribution is -2.52. The first-order valence-corrected chi connectivity index (χ1v) is 13.4. The molecule has 188 valence electrons. The maximum Gasteiger partial charge on any atom is 0.256 e. The van der Waals surface area contributed by atoms with E-state index in [1.165, 1.54) is 20.2 Å². The van der Waals surface area contributed by atoms with Crippen molar-refractivity contribution >= 4 is 27.5 Å². The summed E-state index contributed by atoms with van der Waals surface area (Å²) in [6.07, 6.45) is 2.11. The topological polar surface area (TPSA) is 93.7 Å². The molecule has 4 rings (SSSR count). The largest absolute Gasteiger partial charge is 0.378 e. The van der Waals surface area contributed by atoms with Gasteiger partial charge in [0.1, 0.15) is 0 Å². The van der Waals surface area contributed by atoms with Gasteiger partial charge in [-0.25, -0.2) is 12.7 Å². The van der Waals surface area contributed by atoms with E-state index in [0.29, 0.717) is 64.6 Å². The molecular formula is C23H35N5O5S. The van der Waals surface area contributed by atoms with Crippen LogP contribution in [0, 0.1) is 0 Å². The Bertz CT molecular complexity index is 995. The highest BCUT2D eigenvalue weighted by Crippen LogP contribution is 2.29. The fraction of sp³-hybridized carbons (Fsp3) is 0.652. The van der Waals surface area contributed by atoms with Gasteiger partial charge < -0.3 is 19.4 Å². The summed E-state index contributed by atoms with van der Waals surface area (Å²) in [6.45, 7) is 6.69. The molecule has 0 atom stereocenters. The Morgan fingerprint density at radius 1 is 0.912 bits per heavy atom. The Morgan fingerprint density at radius 3 is 2.18 bits per heavy atom. The van der Waals surface area contributed by atoms with Crippen LogP contribution >= 0.6 is 0 Å². The Kier molecular flexibility index (Phi) is 7.76. The SMILES string of the molecule is CN(C)S(=O)(=O)c1ccc(N2CCCC2)c(C(=O)N2CCN(CC(=O)N3CCOCC3)CC2)c1. The molecule has 3 saturated heterocycles. The van der Waals surface area contributed by atoms with Gasteiger partial charge in [0, 0.05) is 72.1 Å². The third kappa shape index (κ3) is 5.37. The van der Waals surface area contributed by atoms with Gasteiger partial charge in [0.25, 0.3) is 5.91 Å². The summed E-state index contributed by atoms with van der Waals surface area (Å²) in [5.74, 6) is -0.0575. The molecule has 0 spiro atoms. The molecule has 0 radical (unpaired) electrons. The molecule has 3 fully saturated rings. The molecule has 3 heterocycles. The molecule has 0 unspecified atom stereocenters. The van der Waals surface area contributed by atoms with E-state index in [-0.39, 0.29) is 16.7 Å². The second-order valence-electron chi connectivity index (χ2n) is 9.22. The maximum absolute atomic E-state index is 13.6. The third-order valence-corrected chi connectivity index (χ3v) is 8.62. The summed E-state index contributed by atoms with van der Waals surface area (Å²) >= 11 is 0. The predicted molar refractivity (Wildman–Crippen MR) is 129 cm³/mol. The van der Waals surface area contributed by atoms with Crippen LogP contribution in [-0.2, 0) is 19.6 Å². The number of piperazine rings is 1. The average Bonchev–Trinajstić information content (AvgIpc) is 3.39. The van der Waals surface area contributed by atoms with Gasteiger partial charge in [-0.15, -0.1) is 0 Å². The third-order valence-electron chi connectivity index (χ3n) is 6.81. The minimum Gasteiger partial charge on any atom is -0.378 e. The smallest absolute Gasteiger partial charge is 0.256 e. The Labute approximate surface area is 202 Å². The highest BCUT2D eigenvalue weighted by Gasteiger charge is 2.30. The van der Waals surface area contributed by atoms with Gasteiger partial charge in [-0.3, -0.25) is 14.5 Å². The van der Waals surface area contributed by atoms with Crippen molar-refractivity contribution in [1.29, 1.82) is 0 Å². The normalized spacial score (nSPS) is 20.3. The highest BCUT2D eigenvalue weighted by atomic mass is 32.2. The van der Waals surface area contributed by atoms with E-state index in [2.05, 4.69) is 9.80 Å². The van der Waals surface area contributed by atoms with Crippen LogP contribution in [0.25, 0.3) is 0 Å². The second kappa shape index (κ2) is 10.6. The van der Waals surface area contributed by atoms with Gasteiger partial charge in [0.2, 0.25) is 15.9 Å². The van der Waals surface area contributed by atoms with E-state index in [9.17, 15) is 18.0 Å². The van der Waals surface area contributed by atoms with E-state index in [4.69, 9.17) is 4.74 Å². The van der Waals surface area contributed by atoms with E-state index >= 15 is 0 Å². The predicted octanol–water partition coefficient (Wildman–Crippen LogP) is 0.154. The molecule has 0 aliphatic carbocycles. The van der Waals surface area contributed by atoms with Gasteiger partial charge in [0.15, 0.2) is 0 Å². The lowest BCUT2D eigenvalue weighted by atomic mass is 10.1. The van der Waals surface area contributed by atoms with Crippen LogP contribution in [0.1, 0.15) is 23.2 Å². The van der Waals surface area contributed by atoms with Crippen molar-refractivity contribution in [2.24, 2.45) is 0 Å². The zero-order valence-electron chi connectivity index (χ0n) is 20.1. The van der Waals surface area contributed by atoms with E-state index in [0.717, 1.165) is 35.9 Å². The zero-order valence-corrected chi connectivity index (χ0v) is 20.9. The number of carbonyl (C=O) groups excluding carboxylic acids is 2. The van der Waals surface area contributed by atoms with Gasteiger partial charge in [-0.2, -0.15) is 0 Å². The minimum absolute atomic E-state index is 0.0981. The average molecular weight is 494 g/mol. The van der Waals surface area contributed by atoms with Gasteiger partial charge in [0.05, 0.1) is 30.2 Å². The Morgan fingerprint density at radius 2 is 1.56 bits per heavy atom. The highest BCUT2D eigenvalue weighted by molar-refractivity contribution is 7.89. The lowest BCUT2D eigenvalue weighted by molar-refractivity contribution is -0.136. The van der Waals surface area contributed by atoms with Crippen molar-refractivity contribution in [2.45, 2.75) is 17.7 Å². The van der Waals surface area contributed by atoms with Crippen molar-refractivity contribution in [3.63, 3.8) is 0 Å². The van der Waals surface area contributed by atoms with Crippen molar-refractivity contribution in [3.05, 3.63) is 23.8 Å². The Balaban J connectivity index is 1.47. The molecule has 11 heteroatoms. The first-order chi connectivity index (χ1) is 16.3. The Hall–Kier alpha value is -2.21. The number of carbonyl (C=O) groups is 2. The van der Waals surface area contributed by atoms with Gasteiger partial charge >= 0.3 is 0 Å². The maximum atomic E-state index is 13.6. The van der Waals surface area contributed by atoms with Crippen molar-refractivity contribution in [1.82, 2.24) is 19.0 Å². The molecule has 0 N–H and O–H groups in total. The molecule has 34 heavy (non-hydrogen) atoms. The molecule has 0 aromatic heterocycles. The summed E-state index contributed by atoms with van der Waals surface area (Å²) in [5, 5.41) is 0. The van der Waals surface area contributed by atoms with E-state index in [1.54, 1.807) is 17.0 Å². The molecule has 0 bridgehead atoms. The fourth-order valence-corrected chi connectivity index (χ4v) is 5.60. The number of ether oxygens (including phenoxy) is 1. The van der Waals surface area contributed by atoms with Crippen LogP contribution in [0.15, 0.2) is 23.1 Å².